The highest BCUT2D eigenvalue weighted by molar-refractivity contribution is 6.51. The van der Waals surface area contributed by atoms with Crippen LogP contribution in [0, 0.1) is 0 Å². The maximum absolute atomic E-state index is 6.15. The first-order valence-electron chi connectivity index (χ1n) is 7.60. The van der Waals surface area contributed by atoms with E-state index in [4.69, 9.17) is 13.3 Å². The van der Waals surface area contributed by atoms with Crippen molar-refractivity contribution in [2.75, 3.05) is 19.6 Å². The molecule has 0 saturated carbocycles. The van der Waals surface area contributed by atoms with Gasteiger partial charge in [-0.25, -0.2) is 0 Å². The summed E-state index contributed by atoms with van der Waals surface area (Å²) < 4.78 is 18.4. The van der Waals surface area contributed by atoms with Crippen LogP contribution >= 0.6 is 0 Å². The predicted octanol–water partition coefficient (Wildman–Crippen LogP) is -1.61. The molecule has 122 valence electrons. The number of hydrogen-bond donors (Lipinski definition) is 3. The third-order valence-corrected chi connectivity index (χ3v) is 10.1. The van der Waals surface area contributed by atoms with Crippen molar-refractivity contribution in [2.45, 2.75) is 46.0 Å². The Labute approximate surface area is 132 Å². The Bertz CT molecular complexity index is 218. The molecule has 6 nitrogen and oxygen atoms in total. The van der Waals surface area contributed by atoms with Crippen molar-refractivity contribution in [3.05, 3.63) is 0 Å². The molecule has 3 unspecified atom stereocenters. The summed E-state index contributed by atoms with van der Waals surface area (Å²) >= 11 is 0. The average molecular weight is 356 g/mol. The van der Waals surface area contributed by atoms with Gasteiger partial charge in [-0.05, 0) is 39.3 Å². The Hall–Kier alpha value is 0.628. The molecule has 10 heteroatoms. The summed E-state index contributed by atoms with van der Waals surface area (Å²) in [6, 6.07) is 0. The molecule has 0 amide bonds. The minimum atomic E-state index is -1.46. The second-order valence-electron chi connectivity index (χ2n) is 4.82. The monoisotopic (exact) mass is 355 g/mol. The van der Waals surface area contributed by atoms with E-state index < -0.39 is 33.2 Å². The number of rotatable bonds is 12. The number of hydrogen-bond acceptors (Lipinski definition) is 6. The van der Waals surface area contributed by atoms with Gasteiger partial charge in [0.15, 0.2) is 0 Å². The fraction of sp³-hybridized carbons (Fsp3) is 1.00. The van der Waals surface area contributed by atoms with Gasteiger partial charge in [0.2, 0.25) is 5.60 Å². The lowest BCUT2D eigenvalue weighted by Crippen LogP contribution is -2.56. The van der Waals surface area contributed by atoms with Crippen molar-refractivity contribution >= 4 is 37.8 Å². The third-order valence-electron chi connectivity index (χ3n) is 2.65. The normalized spacial score (nSPS) is 19.5. The maximum Gasteiger partial charge on any atom is 0.255 e. The zero-order valence-corrected chi connectivity index (χ0v) is 19.5. The molecule has 0 heterocycles. The van der Waals surface area contributed by atoms with Gasteiger partial charge in [-0.1, -0.05) is 20.8 Å². The highest BCUT2D eigenvalue weighted by Crippen LogP contribution is 2.14. The van der Waals surface area contributed by atoms with Gasteiger partial charge in [0.05, 0.1) is 0 Å². The minimum absolute atomic E-state index is 0.701. The number of nitrogens with one attached hydrogen (secondary N) is 3. The first kappa shape index (κ1) is 20.6. The van der Waals surface area contributed by atoms with Crippen LogP contribution in [-0.4, -0.2) is 63.1 Å². The average Bonchev–Trinajstić information content (AvgIpc) is 2.28. The third kappa shape index (κ3) is 9.54. The summed E-state index contributed by atoms with van der Waals surface area (Å²) in [5.74, 6) is 0. The van der Waals surface area contributed by atoms with Gasteiger partial charge in [-0.15, -0.1) is 0 Å². The Morgan fingerprint density at radius 1 is 0.750 bits per heavy atom. The summed E-state index contributed by atoms with van der Waals surface area (Å²) in [5.41, 5.74) is -0.796. The fourth-order valence-corrected chi connectivity index (χ4v) is 9.78. The second kappa shape index (κ2) is 11.2. The van der Waals surface area contributed by atoms with E-state index in [1.165, 1.54) is 0 Å². The summed E-state index contributed by atoms with van der Waals surface area (Å²) in [5, 5.41) is 0. The van der Waals surface area contributed by atoms with E-state index in [1.54, 1.807) is 0 Å². The molecule has 0 rings (SSSR count). The SMILES string of the molecule is CCN[SiH](C)OC([SiH3])(O[SiH](C)NCC)O[SiH](C)NCC. The van der Waals surface area contributed by atoms with Gasteiger partial charge in [0, 0.05) is 0 Å². The van der Waals surface area contributed by atoms with Crippen molar-refractivity contribution in [3.63, 3.8) is 0 Å². The molecule has 0 aromatic heterocycles. The van der Waals surface area contributed by atoms with Gasteiger partial charge in [0.25, 0.3) is 27.6 Å². The van der Waals surface area contributed by atoms with E-state index in [1.807, 2.05) is 0 Å². The molecule has 0 bridgehead atoms. The van der Waals surface area contributed by atoms with E-state index in [-0.39, 0.29) is 0 Å². The van der Waals surface area contributed by atoms with Crippen LogP contribution in [0.1, 0.15) is 20.8 Å². The second-order valence-corrected chi connectivity index (χ2v) is 11.8. The molecule has 20 heavy (non-hydrogen) atoms. The van der Waals surface area contributed by atoms with Crippen LogP contribution in [0.4, 0.5) is 0 Å². The molecule has 3 N–H and O–H groups in total. The molecule has 0 spiro atoms. The molecular weight excluding hydrogens is 322 g/mol. The highest BCUT2D eigenvalue weighted by Gasteiger charge is 2.33. The van der Waals surface area contributed by atoms with Gasteiger partial charge in [0.1, 0.15) is 10.2 Å². The molecule has 0 radical (unpaired) electrons. The smallest absolute Gasteiger partial charge is 0.255 e. The van der Waals surface area contributed by atoms with Crippen LogP contribution < -0.4 is 14.9 Å². The summed E-state index contributed by atoms with van der Waals surface area (Å²) in [6.45, 7) is 15.4. The van der Waals surface area contributed by atoms with Gasteiger partial charge in [-0.3, -0.25) is 0 Å². The summed E-state index contributed by atoms with van der Waals surface area (Å²) in [7, 11) is -3.68. The maximum atomic E-state index is 6.15. The van der Waals surface area contributed by atoms with Crippen LogP contribution in [-0.2, 0) is 13.3 Å². The van der Waals surface area contributed by atoms with Crippen LogP contribution in [0.3, 0.4) is 0 Å². The first-order chi connectivity index (χ1) is 9.36. The standard InChI is InChI=1S/C10H33N3O3Si4/c1-7-11-18(4)14-10(17,15-19(5)12-8-2)16-20(6)13-9-3/h11-13,18-20H,7-9H2,1-6,17H3. The van der Waals surface area contributed by atoms with Crippen LogP contribution in [0.25, 0.3) is 0 Å². The minimum Gasteiger partial charge on any atom is -0.363 e. The zero-order chi connectivity index (χ0) is 15.6. The van der Waals surface area contributed by atoms with E-state index in [0.29, 0.717) is 10.2 Å². The zero-order valence-electron chi connectivity index (χ0n) is 14.1. The van der Waals surface area contributed by atoms with Gasteiger partial charge in [-0.2, -0.15) is 0 Å². The predicted molar refractivity (Wildman–Crippen MR) is 96.0 cm³/mol. The van der Waals surface area contributed by atoms with Gasteiger partial charge < -0.3 is 28.2 Å². The Morgan fingerprint density at radius 3 is 1.20 bits per heavy atom. The lowest BCUT2D eigenvalue weighted by Gasteiger charge is -2.37. The molecule has 0 aliphatic carbocycles. The van der Waals surface area contributed by atoms with Crippen molar-refractivity contribution in [1.29, 1.82) is 0 Å². The largest absolute Gasteiger partial charge is 0.363 e. The van der Waals surface area contributed by atoms with E-state index in [0.717, 1.165) is 19.6 Å². The quantitative estimate of drug-likeness (QED) is 0.289. The van der Waals surface area contributed by atoms with Crippen molar-refractivity contribution < 1.29 is 13.3 Å². The van der Waals surface area contributed by atoms with Crippen LogP contribution in [0.5, 0.6) is 0 Å². The van der Waals surface area contributed by atoms with Crippen molar-refractivity contribution in [3.8, 4) is 0 Å². The fourth-order valence-electron chi connectivity index (χ4n) is 2.03. The molecule has 0 fully saturated rings. The molecule has 3 atom stereocenters. The van der Waals surface area contributed by atoms with Crippen LogP contribution in [0.2, 0.25) is 19.6 Å². The summed E-state index contributed by atoms with van der Waals surface area (Å²) in [6.07, 6.45) is 0. The lowest BCUT2D eigenvalue weighted by molar-refractivity contribution is -0.196. The Morgan fingerprint density at radius 2 is 1.00 bits per heavy atom. The topological polar surface area (TPSA) is 63.8 Å². The highest BCUT2D eigenvalue weighted by atomic mass is 28.3. The van der Waals surface area contributed by atoms with Crippen LogP contribution in [0.15, 0.2) is 0 Å². The van der Waals surface area contributed by atoms with E-state index in [9.17, 15) is 0 Å². The van der Waals surface area contributed by atoms with Crippen molar-refractivity contribution in [1.82, 2.24) is 14.9 Å². The molecule has 0 aliphatic heterocycles. The summed E-state index contributed by atoms with van der Waals surface area (Å²) in [4.78, 5) is 10.1. The lowest BCUT2D eigenvalue weighted by atomic mass is 10.8. The molecular formula is C10H33N3O3Si4. The molecule has 0 aliphatic rings. The van der Waals surface area contributed by atoms with Gasteiger partial charge >= 0.3 is 0 Å². The van der Waals surface area contributed by atoms with E-state index >= 15 is 0 Å². The molecule has 0 aromatic rings. The van der Waals surface area contributed by atoms with E-state index in [2.05, 4.69) is 55.4 Å². The van der Waals surface area contributed by atoms with Crippen molar-refractivity contribution in [2.24, 2.45) is 0 Å². The Balaban J connectivity index is 4.64. The Kier molecular flexibility index (Phi) is 11.6. The first-order valence-corrected chi connectivity index (χ1v) is 15.2. The molecule has 0 saturated heterocycles. The molecule has 0 aromatic carbocycles.